The Morgan fingerprint density at radius 2 is 2.09 bits per heavy atom. The average molecular weight is 310 g/mol. The number of hydrogen-bond acceptors (Lipinski definition) is 5. The van der Waals surface area contributed by atoms with Gasteiger partial charge in [0, 0.05) is 25.3 Å². The van der Waals surface area contributed by atoms with E-state index in [1.54, 1.807) is 0 Å². The lowest BCUT2D eigenvalue weighted by molar-refractivity contribution is -0.384. The van der Waals surface area contributed by atoms with Gasteiger partial charge in [0.25, 0.3) is 5.69 Å². The Morgan fingerprint density at radius 3 is 2.68 bits per heavy atom. The maximum Gasteiger partial charge on any atom is 0.293 e. The van der Waals surface area contributed by atoms with Crippen LogP contribution in [0.2, 0.25) is 0 Å². The highest BCUT2D eigenvalue weighted by molar-refractivity contribution is 5.98. The number of ketones is 1. The lowest BCUT2D eigenvalue weighted by Gasteiger charge is -2.23. The van der Waals surface area contributed by atoms with Crippen LogP contribution in [0.25, 0.3) is 0 Å². The van der Waals surface area contributed by atoms with Crippen molar-refractivity contribution in [2.75, 3.05) is 19.0 Å². The molecule has 2 rings (SSSR count). The number of methoxy groups -OCH3 is 1. The van der Waals surface area contributed by atoms with Crippen LogP contribution in [0.5, 0.6) is 0 Å². The Morgan fingerprint density at radius 1 is 1.41 bits per heavy atom. The van der Waals surface area contributed by atoms with Crippen LogP contribution in [-0.4, -0.2) is 30.5 Å². The molecule has 0 amide bonds. The summed E-state index contributed by atoms with van der Waals surface area (Å²) in [5, 5.41) is 14.3. The molecular formula is C15H19FN2O4. The molecule has 22 heavy (non-hydrogen) atoms. The fourth-order valence-electron chi connectivity index (χ4n) is 2.72. The van der Waals surface area contributed by atoms with Gasteiger partial charge in [0.05, 0.1) is 10.5 Å². The minimum atomic E-state index is -0.772. The van der Waals surface area contributed by atoms with Gasteiger partial charge >= 0.3 is 0 Å². The number of nitrogens with zero attached hydrogens (tertiary/aromatic N) is 1. The van der Waals surface area contributed by atoms with Crippen molar-refractivity contribution in [3.63, 3.8) is 0 Å². The molecule has 0 atom stereocenters. The summed E-state index contributed by atoms with van der Waals surface area (Å²) in [6.07, 6.45) is 5.07. The third-order valence-corrected chi connectivity index (χ3v) is 3.82. The molecule has 0 saturated heterocycles. The van der Waals surface area contributed by atoms with Gasteiger partial charge in [0.15, 0.2) is 5.78 Å². The number of carbonyl (C=O) groups is 1. The standard InChI is InChI=1S/C15H19FN2O4/c1-22-9-15(19)11-7-14(18(20)21)13(8-12(11)16)17-10-5-3-2-4-6-10/h7-8,10,17H,2-6,9H2,1H3. The molecule has 1 N–H and O–H groups in total. The van der Waals surface area contributed by atoms with Crippen molar-refractivity contribution in [3.05, 3.63) is 33.6 Å². The van der Waals surface area contributed by atoms with Gasteiger partial charge in [-0.25, -0.2) is 4.39 Å². The van der Waals surface area contributed by atoms with Crippen LogP contribution < -0.4 is 5.32 Å². The first-order valence-electron chi connectivity index (χ1n) is 7.29. The first kappa shape index (κ1) is 16.4. The molecule has 0 unspecified atom stereocenters. The summed E-state index contributed by atoms with van der Waals surface area (Å²) in [6.45, 7) is -0.316. The summed E-state index contributed by atoms with van der Waals surface area (Å²) in [5.74, 6) is -1.39. The summed E-state index contributed by atoms with van der Waals surface area (Å²) >= 11 is 0. The Kier molecular flexibility index (Phi) is 5.43. The molecular weight excluding hydrogens is 291 g/mol. The van der Waals surface area contributed by atoms with Crippen LogP contribution in [0.4, 0.5) is 15.8 Å². The van der Waals surface area contributed by atoms with E-state index in [-0.39, 0.29) is 29.6 Å². The number of rotatable bonds is 6. The van der Waals surface area contributed by atoms with Gasteiger partial charge in [0.2, 0.25) is 0 Å². The molecule has 1 saturated carbocycles. The first-order chi connectivity index (χ1) is 10.5. The highest BCUT2D eigenvalue weighted by atomic mass is 19.1. The van der Waals surface area contributed by atoms with Gasteiger partial charge in [-0.05, 0) is 12.8 Å². The number of benzene rings is 1. The van der Waals surface area contributed by atoms with Crippen molar-refractivity contribution in [2.24, 2.45) is 0 Å². The molecule has 0 aromatic heterocycles. The Bertz CT molecular complexity index is 571. The van der Waals surface area contributed by atoms with Crippen LogP contribution in [0.15, 0.2) is 12.1 Å². The zero-order valence-corrected chi connectivity index (χ0v) is 12.4. The minimum absolute atomic E-state index is 0.104. The normalized spacial score (nSPS) is 15.5. The second kappa shape index (κ2) is 7.31. The molecule has 0 spiro atoms. The quantitative estimate of drug-likeness (QED) is 0.495. The van der Waals surface area contributed by atoms with E-state index in [0.717, 1.165) is 44.2 Å². The van der Waals surface area contributed by atoms with Gasteiger partial charge in [-0.2, -0.15) is 0 Å². The molecule has 0 bridgehead atoms. The van der Waals surface area contributed by atoms with Crippen LogP contribution >= 0.6 is 0 Å². The van der Waals surface area contributed by atoms with E-state index in [1.165, 1.54) is 7.11 Å². The fourth-order valence-corrected chi connectivity index (χ4v) is 2.72. The fraction of sp³-hybridized carbons (Fsp3) is 0.533. The summed E-state index contributed by atoms with van der Waals surface area (Å²) in [4.78, 5) is 22.3. The zero-order chi connectivity index (χ0) is 16.1. The second-order valence-corrected chi connectivity index (χ2v) is 5.44. The van der Waals surface area contributed by atoms with Crippen LogP contribution in [0.3, 0.4) is 0 Å². The Labute approximate surface area is 127 Å². The molecule has 1 fully saturated rings. The van der Waals surface area contributed by atoms with E-state index in [4.69, 9.17) is 0 Å². The smallest absolute Gasteiger partial charge is 0.293 e. The summed E-state index contributed by atoms with van der Waals surface area (Å²) in [5.41, 5.74) is -0.475. The number of nitro benzene ring substituents is 1. The van der Waals surface area contributed by atoms with E-state index < -0.39 is 16.5 Å². The number of nitro groups is 1. The van der Waals surface area contributed by atoms with E-state index >= 15 is 0 Å². The summed E-state index contributed by atoms with van der Waals surface area (Å²) in [7, 11) is 1.31. The first-order valence-corrected chi connectivity index (χ1v) is 7.29. The molecule has 1 aliphatic rings. The van der Waals surface area contributed by atoms with Gasteiger partial charge in [-0.3, -0.25) is 14.9 Å². The van der Waals surface area contributed by atoms with Crippen molar-refractivity contribution >= 4 is 17.2 Å². The molecule has 1 aromatic carbocycles. The molecule has 0 aliphatic heterocycles. The Hall–Kier alpha value is -2.02. The number of nitrogens with one attached hydrogen (secondary N) is 1. The minimum Gasteiger partial charge on any atom is -0.377 e. The van der Waals surface area contributed by atoms with Crippen molar-refractivity contribution in [1.29, 1.82) is 0 Å². The molecule has 6 nitrogen and oxygen atoms in total. The van der Waals surface area contributed by atoms with Crippen molar-refractivity contribution < 1.29 is 18.8 Å². The predicted molar refractivity (Wildman–Crippen MR) is 79.8 cm³/mol. The number of ether oxygens (including phenoxy) is 1. The SMILES string of the molecule is COCC(=O)c1cc([N+](=O)[O-])c(NC2CCCCC2)cc1F. The lowest BCUT2D eigenvalue weighted by Crippen LogP contribution is -2.23. The third kappa shape index (κ3) is 3.79. The van der Waals surface area contributed by atoms with Gasteiger partial charge in [-0.15, -0.1) is 0 Å². The number of carbonyl (C=O) groups excluding carboxylic acids is 1. The number of anilines is 1. The van der Waals surface area contributed by atoms with E-state index in [2.05, 4.69) is 10.1 Å². The maximum atomic E-state index is 14.1. The Balaban J connectivity index is 2.30. The van der Waals surface area contributed by atoms with E-state index in [9.17, 15) is 19.3 Å². The summed E-state index contributed by atoms with van der Waals surface area (Å²) in [6, 6.07) is 2.13. The van der Waals surface area contributed by atoms with Crippen LogP contribution in [-0.2, 0) is 4.74 Å². The van der Waals surface area contributed by atoms with Crippen molar-refractivity contribution in [3.8, 4) is 0 Å². The van der Waals surface area contributed by atoms with Gasteiger partial charge in [0.1, 0.15) is 18.1 Å². The maximum absolute atomic E-state index is 14.1. The van der Waals surface area contributed by atoms with Gasteiger partial charge < -0.3 is 10.1 Å². The monoisotopic (exact) mass is 310 g/mol. The largest absolute Gasteiger partial charge is 0.377 e. The molecule has 7 heteroatoms. The molecule has 0 heterocycles. The molecule has 0 radical (unpaired) electrons. The highest BCUT2D eigenvalue weighted by Crippen LogP contribution is 2.31. The van der Waals surface area contributed by atoms with Crippen molar-refractivity contribution in [2.45, 2.75) is 38.1 Å². The molecule has 1 aliphatic carbocycles. The lowest BCUT2D eigenvalue weighted by atomic mass is 9.95. The number of hydrogen-bond donors (Lipinski definition) is 1. The third-order valence-electron chi connectivity index (χ3n) is 3.82. The molecule has 120 valence electrons. The van der Waals surface area contributed by atoms with E-state index in [0.29, 0.717) is 0 Å². The number of Topliss-reactive ketones (excluding diaryl/α,β-unsaturated/α-hetero) is 1. The predicted octanol–water partition coefficient (Wildman–Crippen LogP) is 3.31. The van der Waals surface area contributed by atoms with Crippen molar-refractivity contribution in [1.82, 2.24) is 0 Å². The highest BCUT2D eigenvalue weighted by Gasteiger charge is 2.24. The van der Waals surface area contributed by atoms with Crippen LogP contribution in [0.1, 0.15) is 42.5 Å². The van der Waals surface area contributed by atoms with Gasteiger partial charge in [-0.1, -0.05) is 19.3 Å². The van der Waals surface area contributed by atoms with E-state index in [1.807, 2.05) is 0 Å². The van der Waals surface area contributed by atoms with Crippen LogP contribution in [0, 0.1) is 15.9 Å². The topological polar surface area (TPSA) is 81.5 Å². The average Bonchev–Trinajstić information content (AvgIpc) is 2.48. The number of halogens is 1. The zero-order valence-electron chi connectivity index (χ0n) is 12.4. The summed E-state index contributed by atoms with van der Waals surface area (Å²) < 4.78 is 18.7. The molecule has 1 aromatic rings. The second-order valence-electron chi connectivity index (χ2n) is 5.44.